The summed E-state index contributed by atoms with van der Waals surface area (Å²) in [5.41, 5.74) is 1.32. The number of hydrogen-bond donors (Lipinski definition) is 1. The van der Waals surface area contributed by atoms with Gasteiger partial charge in [0, 0.05) is 25.2 Å². The van der Waals surface area contributed by atoms with E-state index in [2.05, 4.69) is 5.32 Å². The number of ketones is 1. The molecule has 0 saturated carbocycles. The molecule has 260 valence electrons. The minimum Gasteiger partial charge on any atom is -0.463 e. The van der Waals surface area contributed by atoms with Crippen LogP contribution < -0.4 is 5.32 Å². The molecule has 0 aromatic heterocycles. The van der Waals surface area contributed by atoms with E-state index in [0.717, 1.165) is 11.1 Å². The minimum atomic E-state index is -1.33. The number of para-hydroxylation sites is 1. The average Bonchev–Trinajstić information content (AvgIpc) is 3.10. The van der Waals surface area contributed by atoms with E-state index in [9.17, 15) is 29.3 Å². The molecule has 1 amide bonds. The number of hydrogen-bond acceptors (Lipinski definition) is 12. The molecular weight excluding hydrogens is 640 g/mol. The van der Waals surface area contributed by atoms with Crippen LogP contribution in [0, 0.1) is 10.1 Å². The Balaban J connectivity index is 1.63. The summed E-state index contributed by atoms with van der Waals surface area (Å²) in [7, 11) is 1.31. The van der Waals surface area contributed by atoms with Crippen molar-refractivity contribution in [1.29, 1.82) is 0 Å². The number of nitrogens with one attached hydrogen (secondary N) is 1. The monoisotopic (exact) mass is 678 g/mol. The van der Waals surface area contributed by atoms with Crippen LogP contribution in [0.1, 0.15) is 36.5 Å². The van der Waals surface area contributed by atoms with E-state index < -0.39 is 60.0 Å². The molecule has 0 aliphatic carbocycles. The van der Waals surface area contributed by atoms with Gasteiger partial charge in [0.1, 0.15) is 37.2 Å². The summed E-state index contributed by atoms with van der Waals surface area (Å²) < 4.78 is 34.8. The number of alkyl carbamates (subject to hydrolysis) is 1. The van der Waals surface area contributed by atoms with Gasteiger partial charge in [-0.25, -0.2) is 4.79 Å². The van der Waals surface area contributed by atoms with Crippen molar-refractivity contribution in [2.75, 3.05) is 13.7 Å². The van der Waals surface area contributed by atoms with E-state index in [-0.39, 0.29) is 49.7 Å². The van der Waals surface area contributed by atoms with Gasteiger partial charge in [-0.3, -0.25) is 19.7 Å². The lowest BCUT2D eigenvalue weighted by Gasteiger charge is -2.45. The highest BCUT2D eigenvalue weighted by Gasteiger charge is 2.50. The summed E-state index contributed by atoms with van der Waals surface area (Å²) in [4.78, 5) is 61.5. The van der Waals surface area contributed by atoms with Crippen molar-refractivity contribution in [3.63, 3.8) is 0 Å². The van der Waals surface area contributed by atoms with Gasteiger partial charge in [0.2, 0.25) is 0 Å². The van der Waals surface area contributed by atoms with Gasteiger partial charge in [0.25, 0.3) is 5.69 Å². The van der Waals surface area contributed by atoms with Crippen LogP contribution in [0.3, 0.4) is 0 Å². The number of esters is 2. The maximum atomic E-state index is 13.5. The van der Waals surface area contributed by atoms with Crippen LogP contribution in [-0.4, -0.2) is 73.1 Å². The van der Waals surface area contributed by atoms with Gasteiger partial charge < -0.3 is 38.5 Å². The second-order valence-electron chi connectivity index (χ2n) is 11.2. The first-order valence-electron chi connectivity index (χ1n) is 15.5. The average molecular weight is 679 g/mol. The van der Waals surface area contributed by atoms with E-state index in [1.54, 1.807) is 30.3 Å². The number of carbonyl (C=O) groups excluding carboxylic acids is 4. The Hall–Kier alpha value is -5.18. The summed E-state index contributed by atoms with van der Waals surface area (Å²) in [6.45, 7) is 0.923. The molecule has 3 aromatic carbocycles. The van der Waals surface area contributed by atoms with E-state index >= 15 is 0 Å². The van der Waals surface area contributed by atoms with E-state index in [4.69, 9.17) is 28.4 Å². The Morgan fingerprint density at radius 1 is 0.816 bits per heavy atom. The molecular formula is C35H38N2O12. The molecule has 49 heavy (non-hydrogen) atoms. The number of nitro benzene ring substituents is 1. The van der Waals surface area contributed by atoms with Crippen LogP contribution in [0.4, 0.5) is 10.5 Å². The number of Topliss-reactive ketones (excluding diaryl/α,β-unsaturated/α-hetero) is 1. The molecule has 1 N–H and O–H groups in total. The van der Waals surface area contributed by atoms with Crippen LogP contribution >= 0.6 is 0 Å². The summed E-state index contributed by atoms with van der Waals surface area (Å²) in [5, 5.41) is 14.3. The van der Waals surface area contributed by atoms with Gasteiger partial charge in [-0.1, -0.05) is 78.9 Å². The van der Waals surface area contributed by atoms with Crippen LogP contribution in [0.25, 0.3) is 0 Å². The second-order valence-corrected chi connectivity index (χ2v) is 11.2. The van der Waals surface area contributed by atoms with Crippen molar-refractivity contribution in [2.24, 2.45) is 0 Å². The molecule has 1 aliphatic heterocycles. The molecule has 4 rings (SSSR count). The molecule has 0 bridgehead atoms. The van der Waals surface area contributed by atoms with E-state index in [1.807, 2.05) is 36.4 Å². The van der Waals surface area contributed by atoms with E-state index in [1.165, 1.54) is 32.2 Å². The minimum absolute atomic E-state index is 0.00464. The molecule has 14 heteroatoms. The number of amides is 1. The first kappa shape index (κ1) is 36.7. The van der Waals surface area contributed by atoms with Crippen molar-refractivity contribution in [1.82, 2.24) is 5.32 Å². The Morgan fingerprint density at radius 3 is 2.08 bits per heavy atom. The first-order valence-corrected chi connectivity index (χ1v) is 15.5. The van der Waals surface area contributed by atoms with Gasteiger partial charge >= 0.3 is 18.0 Å². The molecule has 5 atom stereocenters. The zero-order chi connectivity index (χ0) is 35.2. The lowest BCUT2D eigenvalue weighted by atomic mass is 9.96. The number of rotatable bonds is 16. The zero-order valence-corrected chi connectivity index (χ0v) is 27.1. The molecule has 1 heterocycles. The molecule has 1 fully saturated rings. The number of carbonyl (C=O) groups is 4. The maximum absolute atomic E-state index is 13.5. The number of nitrogens with zero attached hydrogens (tertiary/aromatic N) is 1. The topological polar surface area (TPSA) is 179 Å². The number of nitro groups is 1. The van der Waals surface area contributed by atoms with Gasteiger partial charge in [0.15, 0.2) is 12.4 Å². The quantitative estimate of drug-likeness (QED) is 0.0989. The normalized spacial score (nSPS) is 20.1. The van der Waals surface area contributed by atoms with Crippen LogP contribution in [0.15, 0.2) is 84.9 Å². The third kappa shape index (κ3) is 11.2. The molecule has 1 saturated heterocycles. The second kappa shape index (κ2) is 18.4. The predicted molar refractivity (Wildman–Crippen MR) is 172 cm³/mol. The fraction of sp³-hybridized carbons (Fsp3) is 0.371. The third-order valence-corrected chi connectivity index (χ3v) is 7.54. The van der Waals surface area contributed by atoms with Gasteiger partial charge in [-0.05, 0) is 18.1 Å². The highest BCUT2D eigenvalue weighted by Crippen LogP contribution is 2.29. The predicted octanol–water partition coefficient (Wildman–Crippen LogP) is 4.21. The zero-order valence-electron chi connectivity index (χ0n) is 27.1. The SMILES string of the molecule is CO[C@H]1O[C@H](COC(=O)CCC(C)=O)[C@@H](OCc2ccccc2)[C@H](OC(=O)Cc2ccccc2[N+](=O)[O-])[C@H]1NC(=O)OCc1ccccc1. The van der Waals surface area contributed by atoms with Crippen molar-refractivity contribution >= 4 is 29.5 Å². The first-order chi connectivity index (χ1) is 23.6. The lowest BCUT2D eigenvalue weighted by Crippen LogP contribution is -2.66. The standard InChI is InChI=1S/C35H38N2O12/c1-23(38)17-18-29(39)45-22-28-32(46-20-24-11-5-3-6-12-24)33(49-30(40)19-26-15-9-10-16-27(26)37(42)43)31(34(44-2)48-28)36-35(41)47-21-25-13-7-4-8-14-25/h3-16,28,31-34H,17-22H2,1-2H3,(H,36,41)/t28-,31-,32-,33-,34+/m1/s1. The van der Waals surface area contributed by atoms with Crippen LogP contribution in [0.2, 0.25) is 0 Å². The lowest BCUT2D eigenvalue weighted by molar-refractivity contribution is -0.385. The molecule has 3 aromatic rings. The van der Waals surface area contributed by atoms with Gasteiger partial charge in [-0.2, -0.15) is 0 Å². The Kier molecular flexibility index (Phi) is 13.8. The summed E-state index contributed by atoms with van der Waals surface area (Å²) in [6, 6.07) is 22.5. The molecule has 14 nitrogen and oxygen atoms in total. The summed E-state index contributed by atoms with van der Waals surface area (Å²) in [6.07, 6.45) is -6.37. The fourth-order valence-corrected chi connectivity index (χ4v) is 5.11. The highest BCUT2D eigenvalue weighted by molar-refractivity contribution is 5.81. The highest BCUT2D eigenvalue weighted by atomic mass is 16.7. The van der Waals surface area contributed by atoms with Crippen LogP contribution in [-0.2, 0) is 62.4 Å². The Labute approximate surface area is 282 Å². The largest absolute Gasteiger partial charge is 0.463 e. The van der Waals surface area contributed by atoms with E-state index in [0.29, 0.717) is 0 Å². The Bertz CT molecular complexity index is 1570. The molecule has 1 aliphatic rings. The van der Waals surface area contributed by atoms with Crippen molar-refractivity contribution in [3.05, 3.63) is 112 Å². The summed E-state index contributed by atoms with van der Waals surface area (Å²) >= 11 is 0. The Morgan fingerprint density at radius 2 is 1.45 bits per heavy atom. The number of benzene rings is 3. The summed E-state index contributed by atoms with van der Waals surface area (Å²) in [5.74, 6) is -1.72. The molecule has 0 radical (unpaired) electrons. The smallest absolute Gasteiger partial charge is 0.407 e. The third-order valence-electron chi connectivity index (χ3n) is 7.54. The maximum Gasteiger partial charge on any atom is 0.407 e. The molecule has 0 spiro atoms. The fourth-order valence-electron chi connectivity index (χ4n) is 5.11. The number of ether oxygens (including phenoxy) is 6. The van der Waals surface area contributed by atoms with Crippen molar-refractivity contribution in [2.45, 2.75) is 70.0 Å². The number of methoxy groups -OCH3 is 1. The molecule has 0 unspecified atom stereocenters. The van der Waals surface area contributed by atoms with Crippen LogP contribution in [0.5, 0.6) is 0 Å². The van der Waals surface area contributed by atoms with Crippen molar-refractivity contribution in [3.8, 4) is 0 Å². The van der Waals surface area contributed by atoms with Gasteiger partial charge in [-0.15, -0.1) is 0 Å². The van der Waals surface area contributed by atoms with Crippen molar-refractivity contribution < 1.29 is 52.5 Å². The van der Waals surface area contributed by atoms with Gasteiger partial charge in [0.05, 0.1) is 24.4 Å².